The van der Waals surface area contributed by atoms with Crippen LogP contribution in [-0.4, -0.2) is 71.8 Å². The van der Waals surface area contributed by atoms with Gasteiger partial charge in [0.15, 0.2) is 0 Å². The minimum Gasteiger partial charge on any atom is -0.466 e. The number of esters is 1. The Hall–Kier alpha value is -3.23. The van der Waals surface area contributed by atoms with Gasteiger partial charge < -0.3 is 24.4 Å². The van der Waals surface area contributed by atoms with Crippen LogP contribution in [0, 0.1) is 11.8 Å². The van der Waals surface area contributed by atoms with Crippen LogP contribution in [0.2, 0.25) is 0 Å². The first-order valence-electron chi connectivity index (χ1n) is 14.1. The highest BCUT2D eigenvalue weighted by atomic mass is 16.6. The van der Waals surface area contributed by atoms with E-state index >= 15 is 0 Å². The summed E-state index contributed by atoms with van der Waals surface area (Å²) in [6.07, 6.45) is 5.49. The molecule has 1 spiro atoms. The van der Waals surface area contributed by atoms with Crippen LogP contribution < -0.4 is 4.90 Å². The molecule has 3 aliphatic heterocycles. The first kappa shape index (κ1) is 27.3. The number of anilines is 1. The van der Waals surface area contributed by atoms with Gasteiger partial charge in [-0.15, -0.1) is 6.58 Å². The maximum absolute atomic E-state index is 14.5. The van der Waals surface area contributed by atoms with Gasteiger partial charge in [-0.05, 0) is 55.5 Å². The number of benzene rings is 2. The number of carbonyl (C=O) groups excluding carboxylic acids is 3. The van der Waals surface area contributed by atoms with Crippen molar-refractivity contribution >= 4 is 34.2 Å². The van der Waals surface area contributed by atoms with E-state index in [0.717, 1.165) is 29.3 Å². The second-order valence-electron chi connectivity index (χ2n) is 10.7. The lowest BCUT2D eigenvalue weighted by molar-refractivity contribution is -0.154. The van der Waals surface area contributed by atoms with Crippen molar-refractivity contribution in [1.82, 2.24) is 4.90 Å². The van der Waals surface area contributed by atoms with Crippen LogP contribution in [0.1, 0.15) is 45.4 Å². The molecule has 8 nitrogen and oxygen atoms in total. The van der Waals surface area contributed by atoms with Gasteiger partial charge in [0, 0.05) is 25.4 Å². The standard InChI is InChI=1S/C31H38N2O6/c1-3-17-32(23-14-13-21-11-7-8-12-22(21)20-23)29(36)27-31-16-15-24(39-31)25(30(37)38-4-2)26(31)28(35)33(27)18-9-5-6-10-19-34/h3,7-8,11-14,20,24-27,34H,1,4-6,9-10,15-19H2,2H3/t24-,25+,26+,27-,31+/m0/s1. The number of carbonyl (C=O) groups is 3. The number of aliphatic hydroxyl groups excluding tert-OH is 1. The van der Waals surface area contributed by atoms with Crippen LogP contribution in [0.25, 0.3) is 10.8 Å². The lowest BCUT2D eigenvalue weighted by atomic mass is 9.70. The second-order valence-corrected chi connectivity index (χ2v) is 10.7. The number of fused-ring (bicyclic) bond motifs is 2. The summed E-state index contributed by atoms with van der Waals surface area (Å²) in [5.41, 5.74) is -0.333. The SMILES string of the molecule is C=CCN(C(=O)[C@@H]1N(CCCCCCO)C(=O)[C@H]2[C@H](C(=O)OCC)[C@@H]3CC[C@]12O3)c1ccc2ccccc2c1. The Labute approximate surface area is 229 Å². The Morgan fingerprint density at radius 2 is 1.95 bits per heavy atom. The summed E-state index contributed by atoms with van der Waals surface area (Å²) < 4.78 is 11.9. The molecule has 2 amide bonds. The molecule has 3 heterocycles. The number of nitrogens with zero attached hydrogens (tertiary/aromatic N) is 2. The van der Waals surface area contributed by atoms with E-state index in [1.165, 1.54) is 0 Å². The van der Waals surface area contributed by atoms with Gasteiger partial charge in [0.05, 0.1) is 24.5 Å². The Bertz CT molecular complexity index is 1250. The summed E-state index contributed by atoms with van der Waals surface area (Å²) >= 11 is 0. The summed E-state index contributed by atoms with van der Waals surface area (Å²) in [5.74, 6) is -2.27. The predicted octanol–water partition coefficient (Wildman–Crippen LogP) is 3.85. The molecule has 208 valence electrons. The first-order chi connectivity index (χ1) is 19.0. The summed E-state index contributed by atoms with van der Waals surface area (Å²) in [4.78, 5) is 44.9. The first-order valence-corrected chi connectivity index (χ1v) is 14.1. The molecule has 3 fully saturated rings. The molecular weight excluding hydrogens is 496 g/mol. The number of likely N-dealkylation sites (tertiary alicyclic amines) is 1. The van der Waals surface area contributed by atoms with E-state index in [1.807, 2.05) is 42.5 Å². The van der Waals surface area contributed by atoms with Crippen LogP contribution in [0.4, 0.5) is 5.69 Å². The van der Waals surface area contributed by atoms with Crippen molar-refractivity contribution in [2.75, 3.05) is 31.2 Å². The van der Waals surface area contributed by atoms with Crippen LogP contribution in [0.3, 0.4) is 0 Å². The van der Waals surface area contributed by atoms with Crippen molar-refractivity contribution in [2.24, 2.45) is 11.8 Å². The van der Waals surface area contributed by atoms with Crippen LogP contribution in [-0.2, 0) is 23.9 Å². The minimum atomic E-state index is -1.06. The normalized spacial score (nSPS) is 27.1. The molecular formula is C31H38N2O6. The van der Waals surface area contributed by atoms with Crippen molar-refractivity contribution in [2.45, 2.75) is 63.2 Å². The molecule has 0 unspecified atom stereocenters. The number of rotatable bonds is 12. The van der Waals surface area contributed by atoms with Crippen molar-refractivity contribution in [3.63, 3.8) is 0 Å². The average Bonchev–Trinajstić information content (AvgIpc) is 3.58. The largest absolute Gasteiger partial charge is 0.466 e. The number of aliphatic hydroxyl groups is 1. The van der Waals surface area contributed by atoms with E-state index in [1.54, 1.807) is 22.8 Å². The molecule has 1 N–H and O–H groups in total. The van der Waals surface area contributed by atoms with Gasteiger partial charge in [-0.2, -0.15) is 0 Å². The van der Waals surface area contributed by atoms with E-state index < -0.39 is 35.6 Å². The van der Waals surface area contributed by atoms with Crippen LogP contribution >= 0.6 is 0 Å². The highest BCUT2D eigenvalue weighted by molar-refractivity contribution is 6.05. The van der Waals surface area contributed by atoms with Gasteiger partial charge in [-0.25, -0.2) is 0 Å². The van der Waals surface area contributed by atoms with E-state index in [2.05, 4.69) is 6.58 Å². The van der Waals surface area contributed by atoms with Gasteiger partial charge in [-0.3, -0.25) is 14.4 Å². The molecule has 0 aliphatic carbocycles. The number of amides is 2. The Morgan fingerprint density at radius 3 is 2.69 bits per heavy atom. The summed E-state index contributed by atoms with van der Waals surface area (Å²) in [6, 6.07) is 13.0. The fourth-order valence-corrected chi connectivity index (χ4v) is 6.87. The van der Waals surface area contributed by atoms with Gasteiger partial charge in [0.2, 0.25) is 5.91 Å². The molecule has 8 heteroatoms. The maximum Gasteiger partial charge on any atom is 0.312 e. The average molecular weight is 535 g/mol. The topological polar surface area (TPSA) is 96.4 Å². The van der Waals surface area contributed by atoms with Gasteiger partial charge in [0.1, 0.15) is 11.6 Å². The molecule has 39 heavy (non-hydrogen) atoms. The third-order valence-electron chi connectivity index (χ3n) is 8.52. The molecule has 0 radical (unpaired) electrons. The van der Waals surface area contributed by atoms with Gasteiger partial charge in [0.25, 0.3) is 5.91 Å². The Kier molecular flexibility index (Phi) is 8.05. The molecule has 0 saturated carbocycles. The third kappa shape index (κ3) is 4.74. The number of ether oxygens (including phenoxy) is 2. The van der Waals surface area contributed by atoms with E-state index in [9.17, 15) is 14.4 Å². The van der Waals surface area contributed by atoms with Crippen LogP contribution in [0.15, 0.2) is 55.1 Å². The molecule has 2 aromatic carbocycles. The monoisotopic (exact) mass is 534 g/mol. The van der Waals surface area contributed by atoms with Crippen LogP contribution in [0.5, 0.6) is 0 Å². The highest BCUT2D eigenvalue weighted by Gasteiger charge is 2.75. The fraction of sp³-hybridized carbons (Fsp3) is 0.516. The van der Waals surface area contributed by atoms with Gasteiger partial charge >= 0.3 is 5.97 Å². The number of unbranched alkanes of at least 4 members (excludes halogenated alkanes) is 3. The fourth-order valence-electron chi connectivity index (χ4n) is 6.87. The molecule has 3 saturated heterocycles. The molecule has 0 aromatic heterocycles. The molecule has 2 bridgehead atoms. The molecule has 3 aliphatic rings. The molecule has 5 atom stereocenters. The highest BCUT2D eigenvalue weighted by Crippen LogP contribution is 2.59. The Balaban J connectivity index is 1.51. The van der Waals surface area contributed by atoms with E-state index in [-0.39, 0.29) is 31.6 Å². The smallest absolute Gasteiger partial charge is 0.312 e. The van der Waals surface area contributed by atoms with Crippen molar-refractivity contribution < 1.29 is 29.0 Å². The van der Waals surface area contributed by atoms with Crippen molar-refractivity contribution in [1.29, 1.82) is 0 Å². The number of hydrogen-bond acceptors (Lipinski definition) is 6. The van der Waals surface area contributed by atoms with Crippen molar-refractivity contribution in [3.05, 3.63) is 55.1 Å². The second kappa shape index (κ2) is 11.5. The zero-order chi connectivity index (χ0) is 27.6. The summed E-state index contributed by atoms with van der Waals surface area (Å²) in [5, 5.41) is 11.2. The summed E-state index contributed by atoms with van der Waals surface area (Å²) in [6.45, 7) is 6.66. The summed E-state index contributed by atoms with van der Waals surface area (Å²) in [7, 11) is 0. The predicted molar refractivity (Wildman–Crippen MR) is 148 cm³/mol. The Morgan fingerprint density at radius 1 is 1.18 bits per heavy atom. The molecule has 2 aromatic rings. The zero-order valence-electron chi connectivity index (χ0n) is 22.6. The van der Waals surface area contributed by atoms with E-state index in [0.29, 0.717) is 32.2 Å². The van der Waals surface area contributed by atoms with Gasteiger partial charge in [-0.1, -0.05) is 49.2 Å². The number of hydrogen-bond donors (Lipinski definition) is 1. The molecule has 5 rings (SSSR count). The van der Waals surface area contributed by atoms with E-state index in [4.69, 9.17) is 14.6 Å². The lowest BCUT2D eigenvalue weighted by Crippen LogP contribution is -2.56. The van der Waals surface area contributed by atoms with Crippen molar-refractivity contribution in [3.8, 4) is 0 Å². The zero-order valence-corrected chi connectivity index (χ0v) is 22.6. The third-order valence-corrected chi connectivity index (χ3v) is 8.52. The lowest BCUT2D eigenvalue weighted by Gasteiger charge is -2.37. The maximum atomic E-state index is 14.5. The quantitative estimate of drug-likeness (QED) is 0.253. The minimum absolute atomic E-state index is 0.133.